The van der Waals surface area contributed by atoms with Crippen LogP contribution in [0.5, 0.6) is 0 Å². The van der Waals surface area contributed by atoms with Crippen LogP contribution in [0.15, 0.2) is 22.8 Å². The number of hydrogen-bond acceptors (Lipinski definition) is 3. The molecule has 0 unspecified atom stereocenters. The summed E-state index contributed by atoms with van der Waals surface area (Å²) in [5.41, 5.74) is 0.855. The number of pyridine rings is 1. The number of aliphatic hydroxyl groups excluding tert-OH is 1. The lowest BCUT2D eigenvalue weighted by Crippen LogP contribution is -2.13. The molecular formula is C10H14BrNO2. The van der Waals surface area contributed by atoms with E-state index in [1.807, 2.05) is 19.1 Å². The molecule has 1 aromatic heterocycles. The van der Waals surface area contributed by atoms with Gasteiger partial charge in [-0.1, -0.05) is 0 Å². The molecule has 1 rings (SSSR count). The van der Waals surface area contributed by atoms with Crippen molar-refractivity contribution in [3.63, 3.8) is 0 Å². The zero-order valence-corrected chi connectivity index (χ0v) is 9.86. The van der Waals surface area contributed by atoms with Crippen LogP contribution in [0.2, 0.25) is 0 Å². The number of hydrogen-bond donors (Lipinski definition) is 1. The summed E-state index contributed by atoms with van der Waals surface area (Å²) >= 11 is 3.40. The molecule has 78 valence electrons. The third-order valence-corrected chi connectivity index (χ3v) is 2.43. The molecule has 14 heavy (non-hydrogen) atoms. The van der Waals surface area contributed by atoms with Gasteiger partial charge in [-0.05, 0) is 41.9 Å². The van der Waals surface area contributed by atoms with Crippen molar-refractivity contribution in [3.8, 4) is 0 Å². The van der Waals surface area contributed by atoms with Gasteiger partial charge >= 0.3 is 0 Å². The standard InChI is InChI=1S/C10H14BrNO2/c1-7(13)6-14-8(2)10-9(11)4-3-5-12-10/h3-5,7-8,13H,6H2,1-2H3/t7-,8-/m0/s1. The third-order valence-electron chi connectivity index (χ3n) is 1.76. The van der Waals surface area contributed by atoms with Crippen molar-refractivity contribution in [2.24, 2.45) is 0 Å². The maximum absolute atomic E-state index is 9.06. The summed E-state index contributed by atoms with van der Waals surface area (Å²) in [6.07, 6.45) is 1.17. The van der Waals surface area contributed by atoms with E-state index in [1.165, 1.54) is 0 Å². The minimum Gasteiger partial charge on any atom is -0.391 e. The first-order valence-electron chi connectivity index (χ1n) is 4.51. The number of aromatic nitrogens is 1. The summed E-state index contributed by atoms with van der Waals surface area (Å²) in [6, 6.07) is 3.78. The highest BCUT2D eigenvalue weighted by molar-refractivity contribution is 9.10. The second-order valence-corrected chi connectivity index (χ2v) is 4.05. The van der Waals surface area contributed by atoms with Crippen molar-refractivity contribution in [1.29, 1.82) is 0 Å². The molecule has 0 aromatic carbocycles. The van der Waals surface area contributed by atoms with Crippen LogP contribution in [0.25, 0.3) is 0 Å². The van der Waals surface area contributed by atoms with Crippen LogP contribution in [-0.4, -0.2) is 22.8 Å². The van der Waals surface area contributed by atoms with E-state index in [1.54, 1.807) is 13.1 Å². The average molecular weight is 260 g/mol. The highest BCUT2D eigenvalue weighted by Gasteiger charge is 2.11. The van der Waals surface area contributed by atoms with Crippen LogP contribution in [0.4, 0.5) is 0 Å². The molecule has 0 spiro atoms. The highest BCUT2D eigenvalue weighted by atomic mass is 79.9. The Balaban J connectivity index is 2.60. The van der Waals surface area contributed by atoms with Gasteiger partial charge < -0.3 is 9.84 Å². The van der Waals surface area contributed by atoms with Gasteiger partial charge in [-0.15, -0.1) is 0 Å². The molecule has 1 aromatic rings. The van der Waals surface area contributed by atoms with E-state index in [4.69, 9.17) is 9.84 Å². The molecule has 3 nitrogen and oxygen atoms in total. The van der Waals surface area contributed by atoms with E-state index in [0.717, 1.165) is 10.2 Å². The largest absolute Gasteiger partial charge is 0.391 e. The van der Waals surface area contributed by atoms with Gasteiger partial charge in [-0.2, -0.15) is 0 Å². The lowest BCUT2D eigenvalue weighted by Gasteiger charge is -2.14. The van der Waals surface area contributed by atoms with Crippen molar-refractivity contribution in [1.82, 2.24) is 4.98 Å². The maximum atomic E-state index is 9.06. The van der Waals surface area contributed by atoms with Gasteiger partial charge in [0.2, 0.25) is 0 Å². The molecule has 0 fully saturated rings. The van der Waals surface area contributed by atoms with Crippen LogP contribution in [-0.2, 0) is 4.74 Å². The summed E-state index contributed by atoms with van der Waals surface area (Å²) in [6.45, 7) is 3.93. The van der Waals surface area contributed by atoms with Crippen molar-refractivity contribution in [2.45, 2.75) is 26.1 Å². The number of ether oxygens (including phenoxy) is 1. The lowest BCUT2D eigenvalue weighted by atomic mass is 10.2. The number of halogens is 1. The quantitative estimate of drug-likeness (QED) is 0.903. The topological polar surface area (TPSA) is 42.4 Å². The van der Waals surface area contributed by atoms with E-state index in [2.05, 4.69) is 20.9 Å². The Labute approximate surface area is 92.3 Å². The SMILES string of the molecule is C[C@H](O)CO[C@@H](C)c1ncccc1Br. The smallest absolute Gasteiger partial charge is 0.0979 e. The van der Waals surface area contributed by atoms with E-state index in [-0.39, 0.29) is 6.10 Å². The monoisotopic (exact) mass is 259 g/mol. The molecule has 2 atom stereocenters. The van der Waals surface area contributed by atoms with E-state index >= 15 is 0 Å². The average Bonchev–Trinajstić information content (AvgIpc) is 2.15. The number of nitrogens with zero attached hydrogens (tertiary/aromatic N) is 1. The fourth-order valence-corrected chi connectivity index (χ4v) is 1.64. The third kappa shape index (κ3) is 3.36. The molecule has 0 saturated heterocycles. The fourth-order valence-electron chi connectivity index (χ4n) is 1.06. The predicted octanol–water partition coefficient (Wildman–Crippen LogP) is 2.30. The van der Waals surface area contributed by atoms with E-state index in [9.17, 15) is 0 Å². The summed E-state index contributed by atoms with van der Waals surface area (Å²) in [4.78, 5) is 4.20. The Kier molecular flexibility index (Phi) is 4.51. The summed E-state index contributed by atoms with van der Waals surface area (Å²) in [5.74, 6) is 0. The van der Waals surface area contributed by atoms with Crippen molar-refractivity contribution >= 4 is 15.9 Å². The zero-order chi connectivity index (χ0) is 10.6. The van der Waals surface area contributed by atoms with Gasteiger partial charge in [0.1, 0.15) is 0 Å². The van der Waals surface area contributed by atoms with Gasteiger partial charge in [0.05, 0.1) is 24.5 Å². The first-order chi connectivity index (χ1) is 6.61. The number of rotatable bonds is 4. The summed E-state index contributed by atoms with van der Waals surface area (Å²) in [7, 11) is 0. The maximum Gasteiger partial charge on any atom is 0.0979 e. The Morgan fingerprint density at radius 2 is 2.29 bits per heavy atom. The van der Waals surface area contributed by atoms with Crippen LogP contribution in [0.1, 0.15) is 25.6 Å². The minimum absolute atomic E-state index is 0.111. The molecule has 4 heteroatoms. The molecule has 0 aliphatic carbocycles. The lowest BCUT2D eigenvalue weighted by molar-refractivity contribution is 0.00245. The van der Waals surface area contributed by atoms with Crippen molar-refractivity contribution in [3.05, 3.63) is 28.5 Å². The molecule has 0 aliphatic heterocycles. The molecule has 0 amide bonds. The Morgan fingerprint density at radius 3 is 2.86 bits per heavy atom. The normalized spacial score (nSPS) is 15.1. The molecule has 0 aliphatic rings. The molecule has 1 N–H and O–H groups in total. The van der Waals surface area contributed by atoms with Gasteiger partial charge in [0, 0.05) is 10.7 Å². The van der Waals surface area contributed by atoms with E-state index in [0.29, 0.717) is 6.61 Å². The minimum atomic E-state index is -0.445. The van der Waals surface area contributed by atoms with Crippen LogP contribution in [0, 0.1) is 0 Å². The van der Waals surface area contributed by atoms with Crippen molar-refractivity contribution in [2.75, 3.05) is 6.61 Å². The van der Waals surface area contributed by atoms with Gasteiger partial charge in [0.25, 0.3) is 0 Å². The van der Waals surface area contributed by atoms with Crippen LogP contribution in [0.3, 0.4) is 0 Å². The molecule has 0 bridgehead atoms. The Morgan fingerprint density at radius 1 is 1.57 bits per heavy atom. The van der Waals surface area contributed by atoms with Gasteiger partial charge in [0.15, 0.2) is 0 Å². The summed E-state index contributed by atoms with van der Waals surface area (Å²) < 4.78 is 6.36. The number of aliphatic hydroxyl groups is 1. The Hall–Kier alpha value is -0.450. The second-order valence-electron chi connectivity index (χ2n) is 3.20. The Bertz CT molecular complexity index is 291. The molecular weight excluding hydrogens is 246 g/mol. The fraction of sp³-hybridized carbons (Fsp3) is 0.500. The first-order valence-corrected chi connectivity index (χ1v) is 5.30. The van der Waals surface area contributed by atoms with Crippen LogP contribution >= 0.6 is 15.9 Å². The molecule has 0 saturated carbocycles. The van der Waals surface area contributed by atoms with Gasteiger partial charge in [-0.25, -0.2) is 0 Å². The van der Waals surface area contributed by atoms with Crippen LogP contribution < -0.4 is 0 Å². The van der Waals surface area contributed by atoms with Gasteiger partial charge in [-0.3, -0.25) is 4.98 Å². The molecule has 0 radical (unpaired) electrons. The highest BCUT2D eigenvalue weighted by Crippen LogP contribution is 2.22. The molecule has 1 heterocycles. The summed E-state index contributed by atoms with van der Waals surface area (Å²) in [5, 5.41) is 9.06. The van der Waals surface area contributed by atoms with E-state index < -0.39 is 6.10 Å². The zero-order valence-electron chi connectivity index (χ0n) is 8.27. The predicted molar refractivity (Wildman–Crippen MR) is 58.0 cm³/mol. The second kappa shape index (κ2) is 5.44. The first kappa shape index (κ1) is 11.6. The van der Waals surface area contributed by atoms with Crippen molar-refractivity contribution < 1.29 is 9.84 Å².